The number of benzene rings is 1. The molecule has 2 N–H and O–H groups in total. The number of aliphatic imine (C=N–C) groups is 1. The van der Waals surface area contributed by atoms with E-state index in [0.29, 0.717) is 6.10 Å². The summed E-state index contributed by atoms with van der Waals surface area (Å²) in [6.07, 6.45) is 4.78. The zero-order valence-corrected chi connectivity index (χ0v) is 17.9. The molecule has 6 heteroatoms. The highest BCUT2D eigenvalue weighted by molar-refractivity contribution is 14.0. The van der Waals surface area contributed by atoms with Crippen molar-refractivity contribution in [2.75, 3.05) is 40.8 Å². The van der Waals surface area contributed by atoms with Crippen LogP contribution in [0, 0.1) is 0 Å². The van der Waals surface area contributed by atoms with E-state index in [1.165, 1.54) is 17.5 Å². The van der Waals surface area contributed by atoms with Gasteiger partial charge in [-0.25, -0.2) is 0 Å². The van der Waals surface area contributed by atoms with Crippen molar-refractivity contribution in [1.29, 1.82) is 0 Å². The van der Waals surface area contributed by atoms with Crippen molar-refractivity contribution in [1.82, 2.24) is 15.5 Å². The summed E-state index contributed by atoms with van der Waals surface area (Å²) in [5, 5.41) is 6.94. The number of nitrogens with one attached hydrogen (secondary N) is 2. The Bertz CT molecular complexity index is 560. The van der Waals surface area contributed by atoms with Gasteiger partial charge < -0.3 is 20.3 Å². The Morgan fingerprint density at radius 2 is 1.92 bits per heavy atom. The van der Waals surface area contributed by atoms with Crippen molar-refractivity contribution in [3.05, 3.63) is 35.4 Å². The second kappa shape index (κ2) is 9.19. The maximum absolute atomic E-state index is 5.67. The van der Waals surface area contributed by atoms with E-state index in [4.69, 9.17) is 4.74 Å². The standard InChI is InChI=1S/C19H30N4O.HI/c1-20-18(21-13-17-9-6-10-24-17)22-14-19(23(2)3)11-15-7-4-5-8-16(15)12-19;/h4-5,7-8,17H,6,9-14H2,1-3H3,(H2,20,21,22);1H. The lowest BCUT2D eigenvalue weighted by Gasteiger charge is -2.37. The van der Waals surface area contributed by atoms with E-state index < -0.39 is 0 Å². The van der Waals surface area contributed by atoms with Gasteiger partial charge in [0.05, 0.1) is 6.10 Å². The van der Waals surface area contributed by atoms with E-state index in [0.717, 1.165) is 44.9 Å². The van der Waals surface area contributed by atoms with Crippen molar-refractivity contribution >= 4 is 29.9 Å². The Kier molecular flexibility index (Phi) is 7.51. The van der Waals surface area contributed by atoms with E-state index in [-0.39, 0.29) is 29.5 Å². The molecule has 3 rings (SSSR count). The molecule has 25 heavy (non-hydrogen) atoms. The molecule has 2 aliphatic rings. The maximum Gasteiger partial charge on any atom is 0.191 e. The highest BCUT2D eigenvalue weighted by atomic mass is 127. The molecule has 5 nitrogen and oxygen atoms in total. The monoisotopic (exact) mass is 458 g/mol. The lowest BCUT2D eigenvalue weighted by Crippen LogP contribution is -2.55. The predicted octanol–water partition coefficient (Wildman–Crippen LogP) is 2.05. The number of hydrogen-bond donors (Lipinski definition) is 2. The van der Waals surface area contributed by atoms with Crippen molar-refractivity contribution in [2.45, 2.75) is 37.3 Å². The van der Waals surface area contributed by atoms with Crippen LogP contribution in [0.3, 0.4) is 0 Å². The summed E-state index contributed by atoms with van der Waals surface area (Å²) in [5.41, 5.74) is 3.04. The third-order valence-electron chi connectivity index (χ3n) is 5.44. The van der Waals surface area contributed by atoms with Gasteiger partial charge in [-0.2, -0.15) is 0 Å². The number of hydrogen-bond acceptors (Lipinski definition) is 3. The molecule has 0 spiro atoms. The Balaban J connectivity index is 0.00000225. The van der Waals surface area contributed by atoms with Gasteiger partial charge in [0, 0.05) is 32.3 Å². The van der Waals surface area contributed by atoms with Crippen molar-refractivity contribution in [3.8, 4) is 0 Å². The van der Waals surface area contributed by atoms with Gasteiger partial charge in [-0.05, 0) is 50.9 Å². The van der Waals surface area contributed by atoms with Gasteiger partial charge in [0.2, 0.25) is 0 Å². The Hall–Kier alpha value is -0.860. The fourth-order valence-electron chi connectivity index (χ4n) is 3.76. The molecular formula is C19H31IN4O. The first kappa shape index (κ1) is 20.5. The van der Waals surface area contributed by atoms with Crippen LogP contribution in [0.15, 0.2) is 29.3 Å². The van der Waals surface area contributed by atoms with Crippen LogP contribution in [0.1, 0.15) is 24.0 Å². The molecule has 0 bridgehead atoms. The third kappa shape index (κ3) is 4.86. The number of nitrogens with zero attached hydrogens (tertiary/aromatic N) is 2. The molecule has 0 radical (unpaired) electrons. The van der Waals surface area contributed by atoms with Gasteiger partial charge in [0.25, 0.3) is 0 Å². The largest absolute Gasteiger partial charge is 0.376 e. The lowest BCUT2D eigenvalue weighted by atomic mass is 9.94. The van der Waals surface area contributed by atoms with E-state index in [2.05, 4.69) is 58.9 Å². The molecule has 1 aromatic rings. The number of halogens is 1. The molecule has 140 valence electrons. The maximum atomic E-state index is 5.67. The normalized spacial score (nSPS) is 21.8. The van der Waals surface area contributed by atoms with E-state index in [1.54, 1.807) is 0 Å². The summed E-state index contributed by atoms with van der Waals surface area (Å²) in [7, 11) is 6.18. The highest BCUT2D eigenvalue weighted by Gasteiger charge is 2.39. The topological polar surface area (TPSA) is 48.9 Å². The summed E-state index contributed by atoms with van der Waals surface area (Å²) in [6.45, 7) is 2.59. The summed E-state index contributed by atoms with van der Waals surface area (Å²) < 4.78 is 5.67. The molecule has 1 saturated heterocycles. The fourth-order valence-corrected chi connectivity index (χ4v) is 3.76. The molecule has 1 heterocycles. The Morgan fingerprint density at radius 3 is 2.44 bits per heavy atom. The molecule has 1 aliphatic heterocycles. The quantitative estimate of drug-likeness (QED) is 0.403. The number of fused-ring (bicyclic) bond motifs is 1. The van der Waals surface area contributed by atoms with Crippen molar-refractivity contribution < 1.29 is 4.74 Å². The number of ether oxygens (including phenoxy) is 1. The molecule has 0 aromatic heterocycles. The van der Waals surface area contributed by atoms with E-state index >= 15 is 0 Å². The first-order chi connectivity index (χ1) is 11.6. The Labute approximate surface area is 168 Å². The van der Waals surface area contributed by atoms with Gasteiger partial charge in [0.1, 0.15) is 0 Å². The van der Waals surface area contributed by atoms with Crippen LogP contribution in [0.2, 0.25) is 0 Å². The smallest absolute Gasteiger partial charge is 0.191 e. The molecule has 1 atom stereocenters. The minimum absolute atomic E-state index is 0. The second-order valence-electron chi connectivity index (χ2n) is 7.18. The summed E-state index contributed by atoms with van der Waals surface area (Å²) in [5.74, 6) is 0.864. The number of likely N-dealkylation sites (N-methyl/N-ethyl adjacent to an activating group) is 1. The molecule has 0 saturated carbocycles. The van der Waals surface area contributed by atoms with Crippen LogP contribution < -0.4 is 10.6 Å². The number of guanidine groups is 1. The zero-order chi connectivity index (χ0) is 17.0. The van der Waals surface area contributed by atoms with Gasteiger partial charge in [-0.1, -0.05) is 24.3 Å². The third-order valence-corrected chi connectivity index (χ3v) is 5.44. The van der Waals surface area contributed by atoms with Gasteiger partial charge in [0.15, 0.2) is 5.96 Å². The van der Waals surface area contributed by atoms with Crippen LogP contribution in [0.25, 0.3) is 0 Å². The summed E-state index contributed by atoms with van der Waals surface area (Å²) in [6, 6.07) is 8.79. The van der Waals surface area contributed by atoms with Gasteiger partial charge in [-0.15, -0.1) is 24.0 Å². The first-order valence-electron chi connectivity index (χ1n) is 8.93. The van der Waals surface area contributed by atoms with E-state index in [1.807, 2.05) is 7.05 Å². The van der Waals surface area contributed by atoms with Crippen LogP contribution in [-0.2, 0) is 17.6 Å². The molecular weight excluding hydrogens is 427 g/mol. The SMILES string of the molecule is CN=C(NCC1CCCO1)NCC1(N(C)C)Cc2ccccc2C1.I. The molecule has 1 aromatic carbocycles. The van der Waals surface area contributed by atoms with Crippen LogP contribution in [0.4, 0.5) is 0 Å². The molecule has 1 fully saturated rings. The fraction of sp³-hybridized carbons (Fsp3) is 0.632. The first-order valence-corrected chi connectivity index (χ1v) is 8.93. The van der Waals surface area contributed by atoms with Crippen molar-refractivity contribution in [2.24, 2.45) is 4.99 Å². The van der Waals surface area contributed by atoms with Gasteiger partial charge in [-0.3, -0.25) is 4.99 Å². The van der Waals surface area contributed by atoms with Crippen LogP contribution in [-0.4, -0.2) is 63.3 Å². The lowest BCUT2D eigenvalue weighted by molar-refractivity contribution is 0.113. The molecule has 1 unspecified atom stereocenters. The van der Waals surface area contributed by atoms with Crippen molar-refractivity contribution in [3.63, 3.8) is 0 Å². The Morgan fingerprint density at radius 1 is 1.24 bits per heavy atom. The minimum Gasteiger partial charge on any atom is -0.376 e. The summed E-state index contributed by atoms with van der Waals surface area (Å²) >= 11 is 0. The minimum atomic E-state index is 0. The van der Waals surface area contributed by atoms with E-state index in [9.17, 15) is 0 Å². The zero-order valence-electron chi connectivity index (χ0n) is 15.5. The summed E-state index contributed by atoms with van der Waals surface area (Å²) in [4.78, 5) is 6.72. The second-order valence-corrected chi connectivity index (χ2v) is 7.18. The van der Waals surface area contributed by atoms with Crippen LogP contribution >= 0.6 is 24.0 Å². The number of rotatable bonds is 5. The van der Waals surface area contributed by atoms with Crippen LogP contribution in [0.5, 0.6) is 0 Å². The highest BCUT2D eigenvalue weighted by Crippen LogP contribution is 2.32. The predicted molar refractivity (Wildman–Crippen MR) is 114 cm³/mol. The molecule has 0 amide bonds. The van der Waals surface area contributed by atoms with Gasteiger partial charge >= 0.3 is 0 Å². The average Bonchev–Trinajstić information content (AvgIpc) is 3.22. The molecule has 1 aliphatic carbocycles. The average molecular weight is 458 g/mol.